The van der Waals surface area contributed by atoms with Gasteiger partial charge in [0.2, 0.25) is 0 Å². The first-order valence-electron chi connectivity index (χ1n) is 11.9. The van der Waals surface area contributed by atoms with Crippen molar-refractivity contribution in [3.63, 3.8) is 0 Å². The number of fused-ring (bicyclic) bond motifs is 3. The van der Waals surface area contributed by atoms with Gasteiger partial charge in [0.05, 0.1) is 0 Å². The summed E-state index contributed by atoms with van der Waals surface area (Å²) in [5.74, 6) is 1.18. The van der Waals surface area contributed by atoms with E-state index in [1.54, 1.807) is 3.81 Å². The molecule has 0 unspecified atom stereocenters. The van der Waals surface area contributed by atoms with E-state index in [4.69, 9.17) is 0 Å². The van der Waals surface area contributed by atoms with Gasteiger partial charge in [-0.1, -0.05) is 63.1 Å². The molecular formula is C30H36Cl2Ti-2. The third kappa shape index (κ3) is 8.91. The molecular weight excluding hydrogens is 479 g/mol. The van der Waals surface area contributed by atoms with Gasteiger partial charge in [-0.3, -0.25) is 6.08 Å². The van der Waals surface area contributed by atoms with Crippen molar-refractivity contribution in [2.24, 2.45) is 0 Å². The van der Waals surface area contributed by atoms with Crippen LogP contribution in [0.1, 0.15) is 89.2 Å². The van der Waals surface area contributed by atoms with Crippen molar-refractivity contribution in [2.45, 2.75) is 78.1 Å². The molecule has 0 aromatic heterocycles. The van der Waals surface area contributed by atoms with Crippen molar-refractivity contribution >= 4 is 25.4 Å². The van der Waals surface area contributed by atoms with E-state index in [1.807, 2.05) is 12.2 Å². The summed E-state index contributed by atoms with van der Waals surface area (Å²) in [6.45, 7) is 9.00. The first-order chi connectivity index (χ1) is 15.0. The van der Waals surface area contributed by atoms with Gasteiger partial charge in [0.25, 0.3) is 0 Å². The molecule has 0 heterocycles. The third-order valence-electron chi connectivity index (χ3n) is 6.13. The molecule has 5 rings (SSSR count). The van der Waals surface area contributed by atoms with Crippen LogP contribution in [-0.4, -0.2) is 3.81 Å². The van der Waals surface area contributed by atoms with Crippen LogP contribution in [0.5, 0.6) is 0 Å². The Kier molecular flexibility index (Phi) is 13.7. The second-order valence-electron chi connectivity index (χ2n) is 9.31. The summed E-state index contributed by atoms with van der Waals surface area (Å²) in [5, 5.41) is 5.52. The van der Waals surface area contributed by atoms with E-state index in [0.29, 0.717) is 11.8 Å². The van der Waals surface area contributed by atoms with Gasteiger partial charge >= 0.3 is 55.9 Å². The van der Waals surface area contributed by atoms with Crippen LogP contribution in [0.4, 0.5) is 0 Å². The summed E-state index contributed by atoms with van der Waals surface area (Å²) >= 11 is 2.28. The van der Waals surface area contributed by atoms with E-state index in [9.17, 15) is 0 Å². The average Bonchev–Trinajstić information content (AvgIpc) is 3.45. The molecule has 2 aliphatic carbocycles. The maximum absolute atomic E-state index is 2.99. The number of rotatable bonds is 2. The van der Waals surface area contributed by atoms with E-state index in [-0.39, 0.29) is 24.8 Å². The van der Waals surface area contributed by atoms with E-state index in [0.717, 1.165) is 6.42 Å². The summed E-state index contributed by atoms with van der Waals surface area (Å²) in [5.41, 5.74) is 2.85. The Labute approximate surface area is 225 Å². The molecule has 0 atom stereocenters. The minimum atomic E-state index is 0. The number of halogens is 2. The van der Waals surface area contributed by atoms with Gasteiger partial charge < -0.3 is 24.8 Å². The normalized spacial score (nSPS) is 14.5. The monoisotopic (exact) mass is 514 g/mol. The predicted octanol–water partition coefficient (Wildman–Crippen LogP) is 2.94. The molecule has 3 aromatic rings. The second-order valence-corrected chi connectivity index (χ2v) is 10.4. The molecule has 0 amide bonds. The molecule has 0 nitrogen and oxygen atoms in total. The Bertz CT molecular complexity index is 989. The Morgan fingerprint density at radius 2 is 1.30 bits per heavy atom. The second kappa shape index (κ2) is 15.1. The maximum atomic E-state index is 2.99. The molecule has 0 N–H and O–H groups in total. The predicted molar refractivity (Wildman–Crippen MR) is 135 cm³/mol. The fraction of sp³-hybridized carbons (Fsp3) is 0.400. The average molecular weight is 515 g/mol. The molecule has 0 aliphatic heterocycles. The summed E-state index contributed by atoms with van der Waals surface area (Å²) < 4.78 is 1.71. The molecule has 1 saturated carbocycles. The van der Waals surface area contributed by atoms with Gasteiger partial charge in [0, 0.05) is 0 Å². The molecule has 33 heavy (non-hydrogen) atoms. The Morgan fingerprint density at radius 3 is 1.61 bits per heavy atom. The molecule has 176 valence electrons. The van der Waals surface area contributed by atoms with Crippen LogP contribution in [0.2, 0.25) is 0 Å². The van der Waals surface area contributed by atoms with Crippen LogP contribution in [-0.2, 0) is 20.0 Å². The quantitative estimate of drug-likeness (QED) is 0.364. The van der Waals surface area contributed by atoms with Crippen molar-refractivity contribution in [1.82, 2.24) is 0 Å². The van der Waals surface area contributed by atoms with E-state index in [1.165, 1.54) is 64.8 Å². The number of hydrogen-bond acceptors (Lipinski definition) is 0. The van der Waals surface area contributed by atoms with Gasteiger partial charge in [-0.15, -0.1) is 46.2 Å². The van der Waals surface area contributed by atoms with Crippen molar-refractivity contribution in [1.29, 1.82) is 0 Å². The standard InChI is InChI=1S/C19H21.C6H10.C5H5.2ClH.Ti/c1-12(2)14-5-7-18-16(9-14)11-17-10-15(13(3)4)6-8-19(17)18;1-2-4-6-5-3-1;1-2-4-5-3-1;;;/h5-13H,1-4H3;1-5H2;1-3H,4H2;2*1H;/q-1;;-1;;;+2/p-2. The number of allylic oxidation sites excluding steroid dienone is 4. The molecule has 0 saturated heterocycles. The molecule has 1 fully saturated rings. The summed E-state index contributed by atoms with van der Waals surface area (Å²) in [7, 11) is 0. The third-order valence-corrected chi connectivity index (χ3v) is 6.91. The van der Waals surface area contributed by atoms with Gasteiger partial charge in [-0.2, -0.15) is 6.08 Å². The zero-order chi connectivity index (χ0) is 22.2. The van der Waals surface area contributed by atoms with Crippen molar-refractivity contribution < 1.29 is 44.8 Å². The van der Waals surface area contributed by atoms with E-state index in [2.05, 4.69) is 102 Å². The van der Waals surface area contributed by atoms with Crippen molar-refractivity contribution in [3.05, 3.63) is 77.9 Å². The summed E-state index contributed by atoms with van der Waals surface area (Å²) in [6.07, 6.45) is 17.2. The number of hydrogen-bond donors (Lipinski definition) is 0. The fourth-order valence-corrected chi connectivity index (χ4v) is 4.65. The topological polar surface area (TPSA) is 0 Å². The first-order valence-corrected chi connectivity index (χ1v) is 12.6. The van der Waals surface area contributed by atoms with Gasteiger partial charge in [0.15, 0.2) is 0 Å². The Balaban J connectivity index is 0.000000321. The number of benzene rings is 2. The minimum absolute atomic E-state index is 0. The van der Waals surface area contributed by atoms with E-state index >= 15 is 0 Å². The molecule has 3 heteroatoms. The fourth-order valence-electron chi connectivity index (χ4n) is 4.10. The van der Waals surface area contributed by atoms with Gasteiger partial charge in [-0.25, -0.2) is 12.2 Å². The molecule has 0 bridgehead atoms. The SMILES string of the molecule is CC(C)c1ccc2c(c1)[cH-]c1cc(C(C)C)ccc12.[C-]1=CC=CC1.[Cl-].[Cl-].[Ti+2]=[C]1CCCCC1. The summed E-state index contributed by atoms with van der Waals surface area (Å²) in [6, 6.07) is 16.1. The first kappa shape index (κ1) is 30.0. The zero-order valence-corrected chi connectivity index (χ0v) is 23.5. The summed E-state index contributed by atoms with van der Waals surface area (Å²) in [4.78, 5) is 0. The van der Waals surface area contributed by atoms with Crippen LogP contribution in [0.3, 0.4) is 0 Å². The van der Waals surface area contributed by atoms with Crippen LogP contribution < -0.4 is 24.8 Å². The zero-order valence-electron chi connectivity index (χ0n) is 20.4. The molecule has 2 aliphatic rings. The van der Waals surface area contributed by atoms with Crippen LogP contribution in [0.25, 0.3) is 21.5 Å². The Hall–Kier alpha value is -1.05. The molecule has 0 spiro atoms. The van der Waals surface area contributed by atoms with Gasteiger partial charge in [-0.05, 0) is 11.8 Å². The van der Waals surface area contributed by atoms with Crippen molar-refractivity contribution in [2.75, 3.05) is 0 Å². The van der Waals surface area contributed by atoms with Crippen LogP contribution in [0.15, 0.2) is 60.7 Å². The Morgan fingerprint density at radius 1 is 0.788 bits per heavy atom. The molecule has 3 aromatic carbocycles. The van der Waals surface area contributed by atoms with Crippen molar-refractivity contribution in [3.8, 4) is 0 Å². The van der Waals surface area contributed by atoms with Crippen LogP contribution in [0, 0.1) is 6.08 Å². The molecule has 0 radical (unpaired) electrons. The van der Waals surface area contributed by atoms with Gasteiger partial charge in [0.1, 0.15) is 0 Å². The van der Waals surface area contributed by atoms with E-state index < -0.39 is 0 Å². The van der Waals surface area contributed by atoms with Crippen LogP contribution >= 0.6 is 0 Å².